The van der Waals surface area contributed by atoms with Crippen LogP contribution in [-0.2, 0) is 16.2 Å². The van der Waals surface area contributed by atoms with Crippen molar-refractivity contribution in [1.82, 2.24) is 15.1 Å². The molecule has 2 aromatic rings. The van der Waals surface area contributed by atoms with Gasteiger partial charge in [0.15, 0.2) is 0 Å². The van der Waals surface area contributed by atoms with Crippen LogP contribution in [0.15, 0.2) is 42.6 Å². The molecule has 1 aliphatic heterocycles. The Morgan fingerprint density at radius 2 is 1.82 bits per heavy atom. The number of benzene rings is 1. The van der Waals surface area contributed by atoms with E-state index in [0.29, 0.717) is 36.6 Å². The van der Waals surface area contributed by atoms with Crippen molar-refractivity contribution in [2.24, 2.45) is 5.92 Å². The van der Waals surface area contributed by atoms with E-state index in [2.05, 4.69) is 78.1 Å². The van der Waals surface area contributed by atoms with Gasteiger partial charge in [-0.1, -0.05) is 56.9 Å². The van der Waals surface area contributed by atoms with E-state index in [1.54, 1.807) is 0 Å². The summed E-state index contributed by atoms with van der Waals surface area (Å²) in [5.41, 5.74) is 2.78. The third kappa shape index (κ3) is 7.26. The molecular formula is C28H45N3O2Si. The Hall–Kier alpha value is -1.47. The first-order chi connectivity index (χ1) is 16.4. The van der Waals surface area contributed by atoms with Crippen LogP contribution in [0.1, 0.15) is 62.1 Å². The number of rotatable bonds is 10. The number of ether oxygens (including phenoxy) is 2. The lowest BCUT2D eigenvalue weighted by atomic mass is 9.82. The van der Waals surface area contributed by atoms with Gasteiger partial charge in [0.1, 0.15) is 6.73 Å². The molecule has 6 heteroatoms. The van der Waals surface area contributed by atoms with E-state index >= 15 is 0 Å². The fourth-order valence-electron chi connectivity index (χ4n) is 5.50. The number of hydrogen-bond acceptors (Lipinski definition) is 4. The number of piperidine rings is 1. The molecule has 0 amide bonds. The SMILES string of the molecule is C[C@@H]1CN[C@@H](CO[C@H]2CC[C@@H](c3ccccc3)CC2)C(c2ccnn2COCC[Si](C)(C)C)C1. The van der Waals surface area contributed by atoms with Crippen LogP contribution in [0, 0.1) is 5.92 Å². The van der Waals surface area contributed by atoms with E-state index in [-0.39, 0.29) is 0 Å². The molecule has 4 rings (SSSR count). The molecule has 2 heterocycles. The molecule has 1 N–H and O–H groups in total. The highest BCUT2D eigenvalue weighted by Crippen LogP contribution is 2.35. The van der Waals surface area contributed by atoms with Gasteiger partial charge >= 0.3 is 0 Å². The summed E-state index contributed by atoms with van der Waals surface area (Å²) in [5, 5.41) is 8.40. The molecule has 0 spiro atoms. The molecule has 2 fully saturated rings. The molecule has 3 atom stereocenters. The van der Waals surface area contributed by atoms with Crippen LogP contribution in [0.2, 0.25) is 25.7 Å². The highest BCUT2D eigenvalue weighted by molar-refractivity contribution is 6.76. The summed E-state index contributed by atoms with van der Waals surface area (Å²) >= 11 is 0. The van der Waals surface area contributed by atoms with Crippen molar-refractivity contribution in [3.63, 3.8) is 0 Å². The Labute approximate surface area is 207 Å². The molecule has 1 aromatic carbocycles. The first-order valence-corrected chi connectivity index (χ1v) is 17.1. The zero-order chi connectivity index (χ0) is 24.0. The first kappa shape index (κ1) is 25.6. The van der Waals surface area contributed by atoms with E-state index in [4.69, 9.17) is 9.47 Å². The van der Waals surface area contributed by atoms with Crippen molar-refractivity contribution in [3.05, 3.63) is 53.9 Å². The van der Waals surface area contributed by atoms with Crippen LogP contribution >= 0.6 is 0 Å². The summed E-state index contributed by atoms with van der Waals surface area (Å²) < 4.78 is 14.6. The Morgan fingerprint density at radius 1 is 1.06 bits per heavy atom. The fourth-order valence-corrected chi connectivity index (χ4v) is 6.26. The maximum absolute atomic E-state index is 6.53. The monoisotopic (exact) mass is 483 g/mol. The predicted molar refractivity (Wildman–Crippen MR) is 142 cm³/mol. The predicted octanol–water partition coefficient (Wildman–Crippen LogP) is 6.02. The second-order valence-electron chi connectivity index (χ2n) is 11.8. The molecule has 1 saturated carbocycles. The normalized spacial score (nSPS) is 28.2. The minimum atomic E-state index is -1.08. The number of hydrogen-bond donors (Lipinski definition) is 1. The lowest BCUT2D eigenvalue weighted by Crippen LogP contribution is -2.47. The minimum absolute atomic E-state index is 0.334. The lowest BCUT2D eigenvalue weighted by Gasteiger charge is -2.37. The van der Waals surface area contributed by atoms with E-state index in [1.807, 2.05) is 6.20 Å². The van der Waals surface area contributed by atoms with Gasteiger partial charge in [-0.25, -0.2) is 4.68 Å². The molecule has 5 nitrogen and oxygen atoms in total. The number of aromatic nitrogens is 2. The molecule has 0 radical (unpaired) electrons. The van der Waals surface area contributed by atoms with Gasteiger partial charge in [-0.15, -0.1) is 0 Å². The summed E-state index contributed by atoms with van der Waals surface area (Å²) in [4.78, 5) is 0. The molecular weight excluding hydrogens is 438 g/mol. The van der Waals surface area contributed by atoms with Crippen LogP contribution in [0.4, 0.5) is 0 Å². The van der Waals surface area contributed by atoms with Crippen LogP contribution in [-0.4, -0.2) is 49.8 Å². The standard InChI is InChI=1S/C28H45N3O2Si/c1-22-18-26(28-14-15-30-31(28)21-32-16-17-34(2,3)4)27(29-19-22)20-33-25-12-10-24(11-13-25)23-8-6-5-7-9-23/h5-9,14-15,22,24-27,29H,10-13,16-21H2,1-4H3/t22-,24-,25+,26?,27-/m0/s1. The van der Waals surface area contributed by atoms with Crippen molar-refractivity contribution >= 4 is 8.07 Å². The molecule has 34 heavy (non-hydrogen) atoms. The molecule has 1 saturated heterocycles. The molecule has 1 aromatic heterocycles. The molecule has 188 valence electrons. The van der Waals surface area contributed by atoms with Crippen LogP contribution < -0.4 is 5.32 Å². The largest absolute Gasteiger partial charge is 0.377 e. The Kier molecular flexibility index (Phi) is 9.02. The highest BCUT2D eigenvalue weighted by Gasteiger charge is 2.33. The van der Waals surface area contributed by atoms with E-state index in [1.165, 1.54) is 36.6 Å². The number of nitrogens with one attached hydrogen (secondary N) is 1. The van der Waals surface area contributed by atoms with Gasteiger partial charge in [0, 0.05) is 38.5 Å². The van der Waals surface area contributed by atoms with Crippen LogP contribution in [0.5, 0.6) is 0 Å². The quantitative estimate of drug-likeness (QED) is 0.332. The minimum Gasteiger partial charge on any atom is -0.377 e. The first-order valence-electron chi connectivity index (χ1n) is 13.4. The van der Waals surface area contributed by atoms with Crippen molar-refractivity contribution in [2.45, 2.75) is 95.4 Å². The van der Waals surface area contributed by atoms with Crippen LogP contribution in [0.25, 0.3) is 0 Å². The Bertz CT molecular complexity index is 858. The van der Waals surface area contributed by atoms with Gasteiger partial charge in [-0.2, -0.15) is 5.10 Å². The molecule has 1 aliphatic carbocycles. The second-order valence-corrected chi connectivity index (χ2v) is 17.4. The smallest absolute Gasteiger partial charge is 0.139 e. The third-order valence-electron chi connectivity index (χ3n) is 7.67. The van der Waals surface area contributed by atoms with Gasteiger partial charge in [0.25, 0.3) is 0 Å². The second kappa shape index (κ2) is 12.0. The Morgan fingerprint density at radius 3 is 2.56 bits per heavy atom. The maximum Gasteiger partial charge on any atom is 0.139 e. The van der Waals surface area contributed by atoms with E-state index in [0.717, 1.165) is 32.6 Å². The summed E-state index contributed by atoms with van der Waals surface area (Å²) in [5.74, 6) is 1.75. The highest BCUT2D eigenvalue weighted by atomic mass is 28.3. The number of nitrogens with zero attached hydrogens (tertiary/aromatic N) is 2. The van der Waals surface area contributed by atoms with E-state index < -0.39 is 8.07 Å². The summed E-state index contributed by atoms with van der Waals surface area (Å²) in [7, 11) is -1.08. The van der Waals surface area contributed by atoms with Gasteiger partial charge in [0.05, 0.1) is 12.7 Å². The van der Waals surface area contributed by atoms with Crippen molar-refractivity contribution in [1.29, 1.82) is 0 Å². The van der Waals surface area contributed by atoms with Crippen molar-refractivity contribution in [2.75, 3.05) is 19.8 Å². The summed E-state index contributed by atoms with van der Waals surface area (Å²) in [6.07, 6.45) is 8.27. The average Bonchev–Trinajstić information content (AvgIpc) is 3.30. The fraction of sp³-hybridized carbons (Fsp3) is 0.679. The van der Waals surface area contributed by atoms with Crippen molar-refractivity contribution < 1.29 is 9.47 Å². The van der Waals surface area contributed by atoms with Crippen molar-refractivity contribution in [3.8, 4) is 0 Å². The molecule has 0 bridgehead atoms. The zero-order valence-corrected chi connectivity index (χ0v) is 22.7. The van der Waals surface area contributed by atoms with E-state index in [9.17, 15) is 0 Å². The molecule has 2 aliphatic rings. The van der Waals surface area contributed by atoms with Gasteiger partial charge in [-0.05, 0) is 68.2 Å². The summed E-state index contributed by atoms with van der Waals surface area (Å²) in [6, 6.07) is 14.7. The zero-order valence-electron chi connectivity index (χ0n) is 21.7. The maximum atomic E-state index is 6.53. The Balaban J connectivity index is 1.30. The molecule has 1 unspecified atom stereocenters. The van der Waals surface area contributed by atoms with Gasteiger partial charge in [-0.3, -0.25) is 0 Å². The third-order valence-corrected chi connectivity index (χ3v) is 9.37. The van der Waals surface area contributed by atoms with Gasteiger partial charge < -0.3 is 14.8 Å². The lowest BCUT2D eigenvalue weighted by molar-refractivity contribution is 0.00203. The van der Waals surface area contributed by atoms with Gasteiger partial charge in [0.2, 0.25) is 0 Å². The topological polar surface area (TPSA) is 48.3 Å². The average molecular weight is 484 g/mol. The summed E-state index contributed by atoms with van der Waals surface area (Å²) in [6.45, 7) is 12.7. The van der Waals surface area contributed by atoms with Crippen LogP contribution in [0.3, 0.4) is 0 Å².